The average Bonchev–Trinajstić information content (AvgIpc) is 3.32. The Hall–Kier alpha value is -2.65. The maximum Gasteiger partial charge on any atom is 0.258 e. The van der Waals surface area contributed by atoms with E-state index in [1.165, 1.54) is 23.1 Å². The maximum atomic E-state index is 12.1. The van der Waals surface area contributed by atoms with E-state index in [0.29, 0.717) is 23.2 Å². The molecule has 0 atom stereocenters. The number of fused-ring (bicyclic) bond motifs is 1. The highest BCUT2D eigenvalue weighted by Gasteiger charge is 2.13. The van der Waals surface area contributed by atoms with Crippen molar-refractivity contribution in [1.29, 1.82) is 0 Å². The molecule has 0 fully saturated rings. The van der Waals surface area contributed by atoms with Gasteiger partial charge in [0.05, 0.1) is 12.3 Å². The molecule has 150 valence electrons. The molecule has 9 heteroatoms. The lowest BCUT2D eigenvalue weighted by molar-refractivity contribution is 0.271. The fraction of sp³-hybridized carbons (Fsp3) is 0.300. The smallest absolute Gasteiger partial charge is 0.258 e. The zero-order chi connectivity index (χ0) is 20.4. The summed E-state index contributed by atoms with van der Waals surface area (Å²) < 4.78 is 9.23. The Balaban J connectivity index is 1.47. The van der Waals surface area contributed by atoms with Crippen LogP contribution in [0.4, 0.5) is 0 Å². The molecule has 7 nitrogen and oxygen atoms in total. The van der Waals surface area contributed by atoms with E-state index in [2.05, 4.69) is 29.0 Å². The molecule has 0 aliphatic carbocycles. The molecule has 1 aromatic carbocycles. The Morgan fingerprint density at radius 2 is 2.00 bits per heavy atom. The number of rotatable bonds is 7. The second kappa shape index (κ2) is 8.38. The number of hydrogen-bond acceptors (Lipinski definition) is 7. The summed E-state index contributed by atoms with van der Waals surface area (Å²) in [5.74, 6) is 2.67. The van der Waals surface area contributed by atoms with Crippen molar-refractivity contribution in [3.05, 3.63) is 58.0 Å². The molecule has 0 unspecified atom stereocenters. The first-order valence-electron chi connectivity index (χ1n) is 9.22. The highest BCUT2D eigenvalue weighted by molar-refractivity contribution is 7.98. The molecule has 0 N–H and O–H groups in total. The standard InChI is InChI=1S/C20H21N5O2S2/c1-13(2)11-27-16-6-4-14(5-7-16)18-22-23-20(24(18)3)29-12-15-10-17(26)25-8-9-28-19(25)21-15/h4-10,13H,11-12H2,1-3H3. The molecule has 0 bridgehead atoms. The summed E-state index contributed by atoms with van der Waals surface area (Å²) in [5, 5.41) is 11.3. The third-order valence-electron chi connectivity index (χ3n) is 4.24. The van der Waals surface area contributed by atoms with Gasteiger partial charge in [0.1, 0.15) is 5.75 Å². The molecule has 3 aromatic heterocycles. The predicted octanol–water partition coefficient (Wildman–Crippen LogP) is 3.88. The van der Waals surface area contributed by atoms with E-state index in [1.807, 2.05) is 41.3 Å². The second-order valence-electron chi connectivity index (χ2n) is 7.02. The first-order valence-corrected chi connectivity index (χ1v) is 11.1. The summed E-state index contributed by atoms with van der Waals surface area (Å²) in [5.41, 5.74) is 1.64. The molecule has 0 radical (unpaired) electrons. The molecule has 0 spiro atoms. The van der Waals surface area contributed by atoms with Crippen molar-refractivity contribution in [2.24, 2.45) is 13.0 Å². The van der Waals surface area contributed by atoms with Crippen LogP contribution in [0.15, 0.2) is 51.9 Å². The van der Waals surface area contributed by atoms with Crippen LogP contribution in [0.2, 0.25) is 0 Å². The predicted molar refractivity (Wildman–Crippen MR) is 116 cm³/mol. The van der Waals surface area contributed by atoms with Crippen molar-refractivity contribution in [3.8, 4) is 17.1 Å². The molecule has 3 heterocycles. The van der Waals surface area contributed by atoms with Crippen LogP contribution >= 0.6 is 23.1 Å². The van der Waals surface area contributed by atoms with E-state index in [-0.39, 0.29) is 5.56 Å². The minimum atomic E-state index is -0.0646. The minimum absolute atomic E-state index is 0.0646. The zero-order valence-corrected chi connectivity index (χ0v) is 18.0. The molecule has 0 amide bonds. The number of hydrogen-bond donors (Lipinski definition) is 0. The van der Waals surface area contributed by atoms with Gasteiger partial charge >= 0.3 is 0 Å². The van der Waals surface area contributed by atoms with Crippen molar-refractivity contribution >= 4 is 28.1 Å². The number of ether oxygens (including phenoxy) is 1. The van der Waals surface area contributed by atoms with Gasteiger partial charge in [0.2, 0.25) is 0 Å². The Morgan fingerprint density at radius 1 is 1.21 bits per heavy atom. The van der Waals surface area contributed by atoms with Crippen LogP contribution in [0.5, 0.6) is 5.75 Å². The Bertz CT molecular complexity index is 1180. The van der Waals surface area contributed by atoms with Gasteiger partial charge in [-0.3, -0.25) is 9.20 Å². The summed E-state index contributed by atoms with van der Waals surface area (Å²) in [6.45, 7) is 4.94. The zero-order valence-electron chi connectivity index (χ0n) is 16.4. The quantitative estimate of drug-likeness (QED) is 0.417. The molecule has 4 rings (SSSR count). The number of thiazole rings is 1. The molecule has 0 saturated carbocycles. The normalized spacial score (nSPS) is 11.4. The van der Waals surface area contributed by atoms with E-state index in [4.69, 9.17) is 4.74 Å². The van der Waals surface area contributed by atoms with Gasteiger partial charge in [-0.05, 0) is 30.2 Å². The number of thioether (sulfide) groups is 1. The van der Waals surface area contributed by atoms with Crippen LogP contribution in [-0.2, 0) is 12.8 Å². The van der Waals surface area contributed by atoms with Crippen LogP contribution in [-0.4, -0.2) is 30.8 Å². The second-order valence-corrected chi connectivity index (χ2v) is 8.84. The summed E-state index contributed by atoms with van der Waals surface area (Å²) in [6, 6.07) is 9.45. The molecule has 0 aliphatic heterocycles. The number of nitrogens with zero attached hydrogens (tertiary/aromatic N) is 5. The van der Waals surface area contributed by atoms with Crippen molar-refractivity contribution in [2.75, 3.05) is 6.61 Å². The van der Waals surface area contributed by atoms with Gasteiger partial charge in [0.25, 0.3) is 5.56 Å². The molecular formula is C20H21N5O2S2. The van der Waals surface area contributed by atoms with Crippen molar-refractivity contribution in [1.82, 2.24) is 24.1 Å². The van der Waals surface area contributed by atoms with Gasteiger partial charge in [0.15, 0.2) is 15.9 Å². The topological polar surface area (TPSA) is 74.3 Å². The lowest BCUT2D eigenvalue weighted by Gasteiger charge is -2.09. The fourth-order valence-electron chi connectivity index (χ4n) is 2.76. The van der Waals surface area contributed by atoms with Crippen LogP contribution in [0.1, 0.15) is 19.5 Å². The van der Waals surface area contributed by atoms with Crippen LogP contribution < -0.4 is 10.3 Å². The Morgan fingerprint density at radius 3 is 2.76 bits per heavy atom. The third-order valence-corrected chi connectivity index (χ3v) is 6.05. The van der Waals surface area contributed by atoms with Gasteiger partial charge in [-0.2, -0.15) is 0 Å². The van der Waals surface area contributed by atoms with E-state index in [9.17, 15) is 4.79 Å². The van der Waals surface area contributed by atoms with Crippen LogP contribution in [0.3, 0.4) is 0 Å². The summed E-state index contributed by atoms with van der Waals surface area (Å²) in [6.07, 6.45) is 1.74. The lowest BCUT2D eigenvalue weighted by Crippen LogP contribution is -2.12. The highest BCUT2D eigenvalue weighted by Crippen LogP contribution is 2.26. The van der Waals surface area contributed by atoms with Gasteiger partial charge in [0, 0.05) is 36.0 Å². The van der Waals surface area contributed by atoms with Crippen LogP contribution in [0, 0.1) is 5.92 Å². The molecule has 29 heavy (non-hydrogen) atoms. The number of benzene rings is 1. The third kappa shape index (κ3) is 4.35. The molecule has 4 aromatic rings. The Labute approximate surface area is 176 Å². The first kappa shape index (κ1) is 19.7. The average molecular weight is 428 g/mol. The summed E-state index contributed by atoms with van der Waals surface area (Å²) in [4.78, 5) is 17.4. The Kier molecular flexibility index (Phi) is 5.68. The van der Waals surface area contributed by atoms with Crippen molar-refractivity contribution in [3.63, 3.8) is 0 Å². The largest absolute Gasteiger partial charge is 0.493 e. The van der Waals surface area contributed by atoms with E-state index in [1.54, 1.807) is 16.7 Å². The first-order chi connectivity index (χ1) is 14.0. The SMILES string of the molecule is CC(C)COc1ccc(-c2nnc(SCc3cc(=O)n4ccsc4n3)n2C)cc1. The maximum absolute atomic E-state index is 12.1. The summed E-state index contributed by atoms with van der Waals surface area (Å²) >= 11 is 2.96. The fourth-order valence-corrected chi connectivity index (χ4v) is 4.30. The molecule has 0 saturated heterocycles. The number of aromatic nitrogens is 5. The minimum Gasteiger partial charge on any atom is -0.493 e. The van der Waals surface area contributed by atoms with Gasteiger partial charge in [-0.25, -0.2) is 4.98 Å². The lowest BCUT2D eigenvalue weighted by atomic mass is 10.2. The van der Waals surface area contributed by atoms with E-state index < -0.39 is 0 Å². The van der Waals surface area contributed by atoms with Crippen molar-refractivity contribution < 1.29 is 4.74 Å². The van der Waals surface area contributed by atoms with Crippen LogP contribution in [0.25, 0.3) is 16.3 Å². The molecular weight excluding hydrogens is 406 g/mol. The van der Waals surface area contributed by atoms with E-state index in [0.717, 1.165) is 28.0 Å². The van der Waals surface area contributed by atoms with Gasteiger partial charge < -0.3 is 9.30 Å². The van der Waals surface area contributed by atoms with E-state index >= 15 is 0 Å². The van der Waals surface area contributed by atoms with Crippen molar-refractivity contribution in [2.45, 2.75) is 24.8 Å². The summed E-state index contributed by atoms with van der Waals surface area (Å²) in [7, 11) is 1.94. The molecule has 0 aliphatic rings. The monoisotopic (exact) mass is 427 g/mol. The van der Waals surface area contributed by atoms with Gasteiger partial charge in [-0.1, -0.05) is 25.6 Å². The van der Waals surface area contributed by atoms with Gasteiger partial charge in [-0.15, -0.1) is 21.5 Å². The highest BCUT2D eigenvalue weighted by atomic mass is 32.2.